The highest BCUT2D eigenvalue weighted by Crippen LogP contribution is 2.52. The van der Waals surface area contributed by atoms with Crippen LogP contribution in [0.15, 0.2) is 79.1 Å². The van der Waals surface area contributed by atoms with Crippen molar-refractivity contribution in [3.05, 3.63) is 102 Å². The summed E-state index contributed by atoms with van der Waals surface area (Å²) >= 11 is 0. The Balaban J connectivity index is 1.06. The van der Waals surface area contributed by atoms with Crippen molar-refractivity contribution < 1.29 is 23.9 Å². The highest BCUT2D eigenvalue weighted by molar-refractivity contribution is 6.10. The molecule has 2 aromatic heterocycles. The minimum atomic E-state index is -1.04. The summed E-state index contributed by atoms with van der Waals surface area (Å²) in [6, 6.07) is 21.3. The third-order valence-electron chi connectivity index (χ3n) is 12.6. The molecule has 5 aromatic rings. The van der Waals surface area contributed by atoms with Crippen LogP contribution in [0.1, 0.15) is 91.1 Å². The lowest BCUT2D eigenvalue weighted by Crippen LogP contribution is -2.58. The zero-order chi connectivity index (χ0) is 38.7. The highest BCUT2D eigenvalue weighted by atomic mass is 19.1. The van der Waals surface area contributed by atoms with Gasteiger partial charge in [0.1, 0.15) is 11.3 Å². The minimum absolute atomic E-state index is 0.0747. The summed E-state index contributed by atoms with van der Waals surface area (Å²) in [5.74, 6) is -0.990. The van der Waals surface area contributed by atoms with Gasteiger partial charge in [-0.05, 0) is 120 Å². The lowest BCUT2D eigenvalue weighted by atomic mass is 9.73. The Labute approximate surface area is 325 Å². The Bertz CT molecular complexity index is 2340. The molecule has 1 spiro atoms. The predicted octanol–water partition coefficient (Wildman–Crippen LogP) is 7.80. The summed E-state index contributed by atoms with van der Waals surface area (Å²) in [4.78, 5) is 56.2. The van der Waals surface area contributed by atoms with E-state index in [1.165, 1.54) is 37.5 Å². The monoisotopic (exact) mass is 755 g/mol. The van der Waals surface area contributed by atoms with Gasteiger partial charge in [0, 0.05) is 48.0 Å². The number of carboxylic acids is 1. The summed E-state index contributed by atoms with van der Waals surface area (Å²) in [5.41, 5.74) is 5.00. The van der Waals surface area contributed by atoms with E-state index in [9.17, 15) is 23.9 Å². The first-order valence-electron chi connectivity index (χ1n) is 19.9. The summed E-state index contributed by atoms with van der Waals surface area (Å²) in [5, 5.41) is 12.6. The number of carbonyl (C=O) groups excluding carboxylic acids is 2. The van der Waals surface area contributed by atoms with E-state index in [2.05, 4.69) is 41.1 Å². The number of para-hydroxylation sites is 1. The van der Waals surface area contributed by atoms with Gasteiger partial charge in [-0.3, -0.25) is 9.59 Å². The summed E-state index contributed by atoms with van der Waals surface area (Å²) in [7, 11) is 0. The smallest absolute Gasteiger partial charge is 0.335 e. The first-order chi connectivity index (χ1) is 27.1. The van der Waals surface area contributed by atoms with Crippen molar-refractivity contribution in [2.75, 3.05) is 36.4 Å². The number of hydrogen-bond acceptors (Lipinski definition) is 7. The maximum Gasteiger partial charge on any atom is 0.335 e. The van der Waals surface area contributed by atoms with Crippen molar-refractivity contribution in [2.24, 2.45) is 0 Å². The molecule has 3 aromatic carbocycles. The minimum Gasteiger partial charge on any atom is -0.478 e. The van der Waals surface area contributed by atoms with Crippen LogP contribution >= 0.6 is 0 Å². The van der Waals surface area contributed by atoms with E-state index in [0.29, 0.717) is 54.7 Å². The van der Waals surface area contributed by atoms with Crippen molar-refractivity contribution >= 4 is 46.0 Å². The molecule has 0 atom stereocenters. The standard InChI is InChI=1S/C44H46FN7O4/c1-27(2)51-26-46-37-25-36(48-40(39(37)51)47-35-9-5-4-8-34(35)45)30-14-15-33-38(22-30)52(32-23-31(24-32)49-18-6-3-7-19-49)43(56)44(33)16-20-50(21-17-44)41(53)28-10-12-29(13-11-28)42(54)55/h4-5,8-15,22,25-27,31-32H,3,6-7,16-21,23-24H2,1-2H3,(H,47,48)(H,54,55). The molecule has 1 saturated carbocycles. The molecule has 56 heavy (non-hydrogen) atoms. The van der Waals surface area contributed by atoms with E-state index >= 15 is 0 Å². The van der Waals surface area contributed by atoms with Crippen LogP contribution in [0.3, 0.4) is 0 Å². The van der Waals surface area contributed by atoms with Crippen LogP contribution in [-0.4, -0.2) is 85.5 Å². The van der Waals surface area contributed by atoms with E-state index in [4.69, 9.17) is 9.97 Å². The number of pyridine rings is 1. The lowest BCUT2D eigenvalue weighted by molar-refractivity contribution is -0.125. The molecule has 4 aliphatic rings. The Morgan fingerprint density at radius 1 is 0.893 bits per heavy atom. The van der Waals surface area contributed by atoms with Gasteiger partial charge < -0.3 is 29.7 Å². The molecule has 3 fully saturated rings. The van der Waals surface area contributed by atoms with E-state index in [1.807, 2.05) is 16.7 Å². The number of amides is 2. The topological polar surface area (TPSA) is 124 Å². The van der Waals surface area contributed by atoms with Crippen molar-refractivity contribution in [1.82, 2.24) is 24.3 Å². The molecule has 9 rings (SSSR count). The van der Waals surface area contributed by atoms with E-state index in [-0.39, 0.29) is 35.3 Å². The Morgan fingerprint density at radius 3 is 2.30 bits per heavy atom. The molecule has 5 heterocycles. The first-order valence-corrected chi connectivity index (χ1v) is 19.9. The molecule has 288 valence electrons. The molecule has 2 N–H and O–H groups in total. The van der Waals surface area contributed by atoms with Crippen molar-refractivity contribution in [1.29, 1.82) is 0 Å². The fourth-order valence-electron chi connectivity index (χ4n) is 9.35. The maximum absolute atomic E-state index is 15.0. The fraction of sp³-hybridized carbons (Fsp3) is 0.386. The van der Waals surface area contributed by atoms with E-state index < -0.39 is 11.4 Å². The van der Waals surface area contributed by atoms with Crippen molar-refractivity contribution in [3.8, 4) is 11.3 Å². The molecule has 3 aliphatic heterocycles. The van der Waals surface area contributed by atoms with E-state index in [0.717, 1.165) is 53.8 Å². The highest BCUT2D eigenvalue weighted by Gasteiger charge is 2.56. The maximum atomic E-state index is 15.0. The largest absolute Gasteiger partial charge is 0.478 e. The van der Waals surface area contributed by atoms with Gasteiger partial charge in [-0.1, -0.05) is 30.7 Å². The van der Waals surface area contributed by atoms with Crippen molar-refractivity contribution in [3.63, 3.8) is 0 Å². The van der Waals surface area contributed by atoms with Gasteiger partial charge in [0.25, 0.3) is 5.91 Å². The number of hydrogen-bond donors (Lipinski definition) is 2. The van der Waals surface area contributed by atoms with Gasteiger partial charge in [-0.15, -0.1) is 0 Å². The Hall–Kier alpha value is -5.62. The SMILES string of the molecule is CC(C)n1cnc2cc(-c3ccc4c(c3)N(C3CC(N5CCCCC5)C3)C(=O)C43CCN(C(=O)c4ccc(C(=O)O)cc4)CC3)nc(Nc3ccccc3F)c21. The molecule has 2 saturated heterocycles. The van der Waals surface area contributed by atoms with Crippen LogP contribution in [-0.2, 0) is 10.2 Å². The quantitative estimate of drug-likeness (QED) is 0.165. The zero-order valence-electron chi connectivity index (χ0n) is 31.7. The molecule has 1 aliphatic carbocycles. The molecule has 0 radical (unpaired) electrons. The number of halogens is 1. The van der Waals surface area contributed by atoms with Crippen LogP contribution in [0.25, 0.3) is 22.3 Å². The third-order valence-corrected chi connectivity index (χ3v) is 12.6. The van der Waals surface area contributed by atoms with Crippen LogP contribution in [0.2, 0.25) is 0 Å². The average molecular weight is 756 g/mol. The third kappa shape index (κ3) is 6.10. The number of anilines is 3. The zero-order valence-corrected chi connectivity index (χ0v) is 31.7. The molecule has 12 heteroatoms. The molecular formula is C44H46FN7O4. The molecular weight excluding hydrogens is 710 g/mol. The summed E-state index contributed by atoms with van der Waals surface area (Å²) in [6.07, 6.45) is 8.34. The molecule has 11 nitrogen and oxygen atoms in total. The number of aromatic carboxylic acids is 1. The normalized spacial score (nSPS) is 20.8. The second kappa shape index (κ2) is 14.1. The number of likely N-dealkylation sites (tertiary alicyclic amines) is 2. The van der Waals surface area contributed by atoms with Gasteiger partial charge in [0.15, 0.2) is 5.82 Å². The number of imidazole rings is 1. The van der Waals surface area contributed by atoms with Crippen LogP contribution in [0, 0.1) is 5.82 Å². The number of carbonyl (C=O) groups is 3. The molecule has 0 bridgehead atoms. The fourth-order valence-corrected chi connectivity index (χ4v) is 9.35. The lowest BCUT2D eigenvalue weighted by Gasteiger charge is -2.48. The van der Waals surface area contributed by atoms with Gasteiger partial charge in [-0.25, -0.2) is 19.2 Å². The number of fused-ring (bicyclic) bond motifs is 3. The van der Waals surface area contributed by atoms with Crippen LogP contribution in [0.5, 0.6) is 0 Å². The Kier molecular flexibility index (Phi) is 9.11. The van der Waals surface area contributed by atoms with Crippen LogP contribution < -0.4 is 10.2 Å². The molecule has 2 amide bonds. The number of aromatic nitrogens is 3. The second-order valence-corrected chi connectivity index (χ2v) is 16.1. The number of rotatable bonds is 8. The van der Waals surface area contributed by atoms with Gasteiger partial charge in [-0.2, -0.15) is 0 Å². The summed E-state index contributed by atoms with van der Waals surface area (Å²) in [6.45, 7) is 7.18. The van der Waals surface area contributed by atoms with Gasteiger partial charge in [0.2, 0.25) is 5.91 Å². The first kappa shape index (κ1) is 36.0. The van der Waals surface area contributed by atoms with Gasteiger partial charge in [0.05, 0.1) is 34.2 Å². The number of piperidine rings is 2. The van der Waals surface area contributed by atoms with Gasteiger partial charge >= 0.3 is 5.97 Å². The Morgan fingerprint density at radius 2 is 1.61 bits per heavy atom. The molecule has 0 unspecified atom stereocenters. The van der Waals surface area contributed by atoms with E-state index in [1.54, 1.807) is 41.6 Å². The number of nitrogens with one attached hydrogen (secondary N) is 1. The number of carboxylic acid groups (broad SMARTS) is 1. The second-order valence-electron chi connectivity index (χ2n) is 16.1. The predicted molar refractivity (Wildman–Crippen MR) is 213 cm³/mol. The number of benzene rings is 3. The summed E-state index contributed by atoms with van der Waals surface area (Å²) < 4.78 is 17.0. The number of nitrogens with zero attached hydrogens (tertiary/aromatic N) is 6. The van der Waals surface area contributed by atoms with Crippen LogP contribution in [0.4, 0.5) is 21.6 Å². The average Bonchev–Trinajstić information content (AvgIpc) is 3.73. The van der Waals surface area contributed by atoms with Crippen molar-refractivity contribution in [2.45, 2.75) is 82.3 Å².